The molecule has 1 fully saturated rings. The second-order valence-corrected chi connectivity index (χ2v) is 7.11. The minimum absolute atomic E-state index is 0.243. The van der Waals surface area contributed by atoms with Crippen molar-refractivity contribution in [3.8, 4) is 0 Å². The Balaban J connectivity index is 2.03. The van der Waals surface area contributed by atoms with Gasteiger partial charge >= 0.3 is 0 Å². The SMILES string of the molecule is Cc1cc(C2CN(C(=O)CNS(C)(=O)=O)CCO2)nc(C)n1. The van der Waals surface area contributed by atoms with Crippen LogP contribution in [0.1, 0.15) is 23.3 Å². The summed E-state index contributed by atoms with van der Waals surface area (Å²) in [5, 5.41) is 0. The Morgan fingerprint density at radius 2 is 2.18 bits per heavy atom. The summed E-state index contributed by atoms with van der Waals surface area (Å²) in [4.78, 5) is 22.2. The molecule has 1 aromatic heterocycles. The summed E-state index contributed by atoms with van der Waals surface area (Å²) >= 11 is 0. The minimum Gasteiger partial charge on any atom is -0.368 e. The predicted octanol–water partition coefficient (Wildman–Crippen LogP) is -0.457. The maximum Gasteiger partial charge on any atom is 0.237 e. The molecule has 1 N–H and O–H groups in total. The standard InChI is InChI=1S/C13H20N4O4S/c1-9-6-11(16-10(2)15-9)12-8-17(4-5-21-12)13(18)7-14-22(3,19)20/h6,12,14H,4-5,7-8H2,1-3H3. The number of carbonyl (C=O) groups excluding carboxylic acids is 1. The third-order valence-electron chi connectivity index (χ3n) is 3.22. The van der Waals surface area contributed by atoms with E-state index in [9.17, 15) is 13.2 Å². The molecule has 1 aliphatic rings. The molecule has 1 aliphatic heterocycles. The lowest BCUT2D eigenvalue weighted by atomic mass is 10.1. The minimum atomic E-state index is -3.38. The van der Waals surface area contributed by atoms with Crippen LogP contribution in [-0.2, 0) is 19.6 Å². The van der Waals surface area contributed by atoms with Crippen molar-refractivity contribution in [2.45, 2.75) is 20.0 Å². The van der Waals surface area contributed by atoms with Crippen LogP contribution in [0.5, 0.6) is 0 Å². The Labute approximate surface area is 129 Å². The highest BCUT2D eigenvalue weighted by molar-refractivity contribution is 7.88. The largest absolute Gasteiger partial charge is 0.368 e. The molecule has 0 aromatic carbocycles. The second-order valence-electron chi connectivity index (χ2n) is 5.27. The molecular weight excluding hydrogens is 308 g/mol. The van der Waals surface area contributed by atoms with E-state index in [0.29, 0.717) is 25.5 Å². The number of hydrogen-bond donors (Lipinski definition) is 1. The molecule has 8 nitrogen and oxygen atoms in total. The fourth-order valence-electron chi connectivity index (χ4n) is 2.27. The number of rotatable bonds is 4. The highest BCUT2D eigenvalue weighted by Crippen LogP contribution is 2.21. The number of sulfonamides is 1. The van der Waals surface area contributed by atoms with Crippen LogP contribution in [0.25, 0.3) is 0 Å². The van der Waals surface area contributed by atoms with Crippen LogP contribution in [0.15, 0.2) is 6.07 Å². The molecule has 0 saturated carbocycles. The van der Waals surface area contributed by atoms with Crippen LogP contribution in [0.4, 0.5) is 0 Å². The first kappa shape index (κ1) is 16.8. The van der Waals surface area contributed by atoms with Crippen LogP contribution in [-0.4, -0.2) is 61.7 Å². The Kier molecular flexibility index (Phi) is 5.09. The maximum atomic E-state index is 12.1. The number of carbonyl (C=O) groups is 1. The van der Waals surface area contributed by atoms with Gasteiger partial charge in [0.1, 0.15) is 11.9 Å². The first-order chi connectivity index (χ1) is 10.2. The Morgan fingerprint density at radius 1 is 1.45 bits per heavy atom. The summed E-state index contributed by atoms with van der Waals surface area (Å²) in [6.07, 6.45) is 0.700. The molecule has 0 spiro atoms. The van der Waals surface area contributed by atoms with Crippen LogP contribution in [0.3, 0.4) is 0 Å². The van der Waals surface area contributed by atoms with Gasteiger partial charge in [0.2, 0.25) is 15.9 Å². The molecule has 0 aliphatic carbocycles. The quantitative estimate of drug-likeness (QED) is 0.803. The first-order valence-electron chi connectivity index (χ1n) is 6.91. The molecule has 0 radical (unpaired) electrons. The third-order valence-corrected chi connectivity index (χ3v) is 3.89. The van der Waals surface area contributed by atoms with E-state index in [1.165, 1.54) is 0 Å². The zero-order valence-corrected chi connectivity index (χ0v) is 13.7. The molecule has 9 heteroatoms. The lowest BCUT2D eigenvalue weighted by Crippen LogP contribution is -2.46. The number of morpholine rings is 1. The van der Waals surface area contributed by atoms with Crippen molar-refractivity contribution in [2.24, 2.45) is 0 Å². The summed E-state index contributed by atoms with van der Waals surface area (Å²) < 4.78 is 30.0. The lowest BCUT2D eigenvalue weighted by molar-refractivity contribution is -0.137. The van der Waals surface area contributed by atoms with Crippen LogP contribution in [0.2, 0.25) is 0 Å². The van der Waals surface area contributed by atoms with Gasteiger partial charge in [0, 0.05) is 12.2 Å². The molecule has 22 heavy (non-hydrogen) atoms. The van der Waals surface area contributed by atoms with E-state index in [1.807, 2.05) is 13.0 Å². The molecule has 1 unspecified atom stereocenters. The number of nitrogens with zero attached hydrogens (tertiary/aromatic N) is 3. The molecule has 122 valence electrons. The monoisotopic (exact) mass is 328 g/mol. The summed E-state index contributed by atoms with van der Waals surface area (Å²) in [7, 11) is -3.38. The number of hydrogen-bond acceptors (Lipinski definition) is 6. The molecule has 1 saturated heterocycles. The summed E-state index contributed by atoms with van der Waals surface area (Å²) in [5.41, 5.74) is 1.58. The first-order valence-corrected chi connectivity index (χ1v) is 8.80. The molecule has 1 aromatic rings. The summed E-state index contributed by atoms with van der Waals surface area (Å²) in [6.45, 7) is 4.60. The zero-order chi connectivity index (χ0) is 16.3. The van der Waals surface area contributed by atoms with E-state index in [4.69, 9.17) is 4.74 Å². The van der Waals surface area contributed by atoms with Crippen molar-refractivity contribution in [2.75, 3.05) is 32.5 Å². The van der Waals surface area contributed by atoms with Gasteiger partial charge in [0.25, 0.3) is 0 Å². The van der Waals surface area contributed by atoms with Gasteiger partial charge < -0.3 is 9.64 Å². The number of nitrogens with one attached hydrogen (secondary N) is 1. The fraction of sp³-hybridized carbons (Fsp3) is 0.615. The van der Waals surface area contributed by atoms with E-state index in [2.05, 4.69) is 14.7 Å². The molecule has 2 heterocycles. The lowest BCUT2D eigenvalue weighted by Gasteiger charge is -2.32. The van der Waals surface area contributed by atoms with Crippen LogP contribution >= 0.6 is 0 Å². The van der Waals surface area contributed by atoms with Gasteiger partial charge in [-0.2, -0.15) is 0 Å². The van der Waals surface area contributed by atoms with E-state index in [-0.39, 0.29) is 18.6 Å². The van der Waals surface area contributed by atoms with Gasteiger partial charge in [-0.15, -0.1) is 0 Å². The van der Waals surface area contributed by atoms with E-state index in [0.717, 1.165) is 17.6 Å². The second kappa shape index (κ2) is 6.67. The molecule has 0 bridgehead atoms. The smallest absolute Gasteiger partial charge is 0.237 e. The Hall–Kier alpha value is -1.58. The van der Waals surface area contributed by atoms with Gasteiger partial charge in [-0.25, -0.2) is 23.1 Å². The predicted molar refractivity (Wildman–Crippen MR) is 79.6 cm³/mol. The van der Waals surface area contributed by atoms with Crippen molar-refractivity contribution in [1.29, 1.82) is 0 Å². The van der Waals surface area contributed by atoms with Gasteiger partial charge in [-0.3, -0.25) is 4.79 Å². The average molecular weight is 328 g/mol. The Bertz CT molecular complexity index is 642. The maximum absolute atomic E-state index is 12.1. The van der Waals surface area contributed by atoms with Crippen molar-refractivity contribution in [3.05, 3.63) is 23.3 Å². The van der Waals surface area contributed by atoms with E-state index in [1.54, 1.807) is 11.8 Å². The van der Waals surface area contributed by atoms with E-state index >= 15 is 0 Å². The number of aryl methyl sites for hydroxylation is 2. The van der Waals surface area contributed by atoms with Gasteiger partial charge in [-0.05, 0) is 19.9 Å². The topological polar surface area (TPSA) is 101 Å². The highest BCUT2D eigenvalue weighted by Gasteiger charge is 2.26. The summed E-state index contributed by atoms with van der Waals surface area (Å²) in [6, 6.07) is 1.83. The van der Waals surface area contributed by atoms with Gasteiger partial charge in [0.15, 0.2) is 0 Å². The third kappa shape index (κ3) is 4.72. The fourth-order valence-corrected chi connectivity index (χ4v) is 2.66. The number of ether oxygens (including phenoxy) is 1. The normalized spacial score (nSPS) is 19.2. The van der Waals surface area contributed by atoms with Gasteiger partial charge in [-0.1, -0.05) is 0 Å². The van der Waals surface area contributed by atoms with Crippen LogP contribution in [0, 0.1) is 13.8 Å². The molecule has 1 atom stereocenters. The van der Waals surface area contributed by atoms with Crippen LogP contribution < -0.4 is 4.72 Å². The molecule has 1 amide bonds. The number of amides is 1. The summed E-state index contributed by atoms with van der Waals surface area (Å²) in [5.74, 6) is 0.377. The van der Waals surface area contributed by atoms with Crippen molar-refractivity contribution >= 4 is 15.9 Å². The highest BCUT2D eigenvalue weighted by atomic mass is 32.2. The zero-order valence-electron chi connectivity index (χ0n) is 12.9. The van der Waals surface area contributed by atoms with E-state index < -0.39 is 10.0 Å². The van der Waals surface area contributed by atoms with Crippen molar-refractivity contribution < 1.29 is 17.9 Å². The molecular formula is C13H20N4O4S. The van der Waals surface area contributed by atoms with Crippen molar-refractivity contribution in [1.82, 2.24) is 19.6 Å². The average Bonchev–Trinajstić information content (AvgIpc) is 2.43. The Morgan fingerprint density at radius 3 is 2.82 bits per heavy atom. The number of aromatic nitrogens is 2. The van der Waals surface area contributed by atoms with Gasteiger partial charge in [0.05, 0.1) is 31.6 Å². The van der Waals surface area contributed by atoms with Crippen molar-refractivity contribution in [3.63, 3.8) is 0 Å². The molecule has 2 rings (SSSR count).